The molecule has 0 saturated carbocycles. The van der Waals surface area contributed by atoms with Crippen LogP contribution >= 0.6 is 0 Å². The third kappa shape index (κ3) is 5.77. The Kier molecular flexibility index (Phi) is 8.61. The molecule has 0 bridgehead atoms. The van der Waals surface area contributed by atoms with Crippen molar-refractivity contribution >= 4 is 60.5 Å². The van der Waals surface area contributed by atoms with E-state index in [0.717, 1.165) is 61.1 Å². The molecule has 13 aromatic rings. The van der Waals surface area contributed by atoms with Gasteiger partial charge in [0.15, 0.2) is 0 Å². The molecule has 2 aliphatic rings. The molecule has 2 nitrogen and oxygen atoms in total. The van der Waals surface area contributed by atoms with E-state index in [2.05, 4.69) is 266 Å². The van der Waals surface area contributed by atoms with Crippen molar-refractivity contribution in [1.29, 1.82) is 0 Å². The number of fused-ring (bicyclic) bond motifs is 16. The number of nitrogens with zero attached hydrogens (tertiary/aromatic N) is 1. The Morgan fingerprint density at radius 2 is 0.775 bits per heavy atom. The summed E-state index contributed by atoms with van der Waals surface area (Å²) in [6.07, 6.45) is 0. The summed E-state index contributed by atoms with van der Waals surface area (Å²) in [6, 6.07) is 96.0. The van der Waals surface area contributed by atoms with Crippen LogP contribution in [0.5, 0.6) is 0 Å². The predicted octanol–water partition coefficient (Wildman–Crippen LogP) is 18.7. The van der Waals surface area contributed by atoms with E-state index in [-0.39, 0.29) is 0 Å². The van der Waals surface area contributed by atoms with Crippen LogP contribution in [0.4, 0.5) is 17.1 Å². The summed E-state index contributed by atoms with van der Waals surface area (Å²) in [5.74, 6) is 0. The van der Waals surface area contributed by atoms with Crippen LogP contribution in [0.25, 0.3) is 99.1 Å². The van der Waals surface area contributed by atoms with Crippen molar-refractivity contribution in [3.05, 3.63) is 283 Å². The largest absolute Gasteiger partial charge is 0.455 e. The Balaban J connectivity index is 0.943. The molecular formula is C69H43NO. The van der Waals surface area contributed by atoms with E-state index >= 15 is 0 Å². The Labute approximate surface area is 412 Å². The van der Waals surface area contributed by atoms with Crippen LogP contribution < -0.4 is 4.90 Å². The molecule has 0 N–H and O–H groups in total. The summed E-state index contributed by atoms with van der Waals surface area (Å²) in [5, 5.41) is 7.01. The van der Waals surface area contributed by atoms with Gasteiger partial charge in [-0.15, -0.1) is 0 Å². The molecule has 0 fully saturated rings. The summed E-state index contributed by atoms with van der Waals surface area (Å²) in [7, 11) is 0. The summed E-state index contributed by atoms with van der Waals surface area (Å²) >= 11 is 0. The second-order valence-electron chi connectivity index (χ2n) is 19.1. The first-order valence-electron chi connectivity index (χ1n) is 24.6. The van der Waals surface area contributed by atoms with Crippen molar-refractivity contribution in [2.45, 2.75) is 5.41 Å². The van der Waals surface area contributed by atoms with Gasteiger partial charge in [-0.3, -0.25) is 0 Å². The lowest BCUT2D eigenvalue weighted by Crippen LogP contribution is -2.26. The first-order valence-corrected chi connectivity index (χ1v) is 24.6. The highest BCUT2D eigenvalue weighted by molar-refractivity contribution is 6.18. The average molecular weight is 902 g/mol. The van der Waals surface area contributed by atoms with Crippen LogP contribution in [-0.4, -0.2) is 0 Å². The van der Waals surface area contributed by atoms with Crippen LogP contribution in [0.1, 0.15) is 22.3 Å². The second-order valence-corrected chi connectivity index (χ2v) is 19.1. The van der Waals surface area contributed by atoms with Crippen molar-refractivity contribution in [2.75, 3.05) is 4.90 Å². The Hall–Kier alpha value is -9.24. The number of hydrogen-bond acceptors (Lipinski definition) is 2. The van der Waals surface area contributed by atoms with E-state index in [1.54, 1.807) is 0 Å². The predicted molar refractivity (Wildman–Crippen MR) is 296 cm³/mol. The second kappa shape index (κ2) is 15.4. The molecule has 0 atom stereocenters. The van der Waals surface area contributed by atoms with Gasteiger partial charge >= 0.3 is 0 Å². The van der Waals surface area contributed by atoms with Gasteiger partial charge in [-0.1, -0.05) is 218 Å². The third-order valence-electron chi connectivity index (χ3n) is 15.5. The molecular weight excluding hydrogens is 859 g/mol. The van der Waals surface area contributed by atoms with Crippen LogP contribution in [0.15, 0.2) is 265 Å². The SMILES string of the molecule is c1cc(-c2ccc(N(c3ccc4c(c3)C3(c5ccccc5-c5ccccc53)c3ccccc3-4)c3ccccc3-c3cccc4c3oc3c5ccccc5ccc43)cc2)cc(-c2cccc3ccccc23)c1. The van der Waals surface area contributed by atoms with E-state index in [4.69, 9.17) is 4.42 Å². The molecule has 330 valence electrons. The lowest BCUT2D eigenvalue weighted by molar-refractivity contribution is 0.674. The van der Waals surface area contributed by atoms with Crippen molar-refractivity contribution in [3.8, 4) is 55.6 Å². The van der Waals surface area contributed by atoms with E-state index in [1.165, 1.54) is 77.4 Å². The zero-order valence-corrected chi connectivity index (χ0v) is 38.7. The number of furan rings is 1. The van der Waals surface area contributed by atoms with Crippen LogP contribution in [-0.2, 0) is 5.41 Å². The highest BCUT2D eigenvalue weighted by atomic mass is 16.3. The highest BCUT2D eigenvalue weighted by Gasteiger charge is 2.51. The normalized spacial score (nSPS) is 12.9. The number of anilines is 3. The molecule has 0 amide bonds. The van der Waals surface area contributed by atoms with Crippen LogP contribution in [0.2, 0.25) is 0 Å². The minimum absolute atomic E-state index is 0.484. The maximum Gasteiger partial charge on any atom is 0.143 e. The lowest BCUT2D eigenvalue weighted by Gasteiger charge is -2.32. The Morgan fingerprint density at radius 3 is 1.52 bits per heavy atom. The molecule has 71 heavy (non-hydrogen) atoms. The van der Waals surface area contributed by atoms with Crippen molar-refractivity contribution < 1.29 is 4.42 Å². The van der Waals surface area contributed by atoms with Crippen molar-refractivity contribution in [1.82, 2.24) is 0 Å². The maximum absolute atomic E-state index is 7.04. The molecule has 0 radical (unpaired) electrons. The molecule has 1 heterocycles. The summed E-state index contributed by atoms with van der Waals surface area (Å²) in [4.78, 5) is 2.46. The van der Waals surface area contributed by atoms with Gasteiger partial charge in [0, 0.05) is 38.7 Å². The average Bonchev–Trinajstić information content (AvgIpc) is 4.08. The smallest absolute Gasteiger partial charge is 0.143 e. The fraction of sp³-hybridized carbons (Fsp3) is 0.0145. The van der Waals surface area contributed by atoms with E-state index in [1.807, 2.05) is 0 Å². The van der Waals surface area contributed by atoms with E-state index in [9.17, 15) is 0 Å². The molecule has 0 saturated heterocycles. The molecule has 1 aromatic heterocycles. The molecule has 1 spiro atoms. The van der Waals surface area contributed by atoms with Gasteiger partial charge in [0.05, 0.1) is 11.1 Å². The molecule has 2 heteroatoms. The van der Waals surface area contributed by atoms with Gasteiger partial charge in [0.1, 0.15) is 11.2 Å². The third-order valence-corrected chi connectivity index (χ3v) is 15.5. The Bertz CT molecular complexity index is 4240. The zero-order valence-electron chi connectivity index (χ0n) is 38.7. The molecule has 15 rings (SSSR count). The van der Waals surface area contributed by atoms with Gasteiger partial charge in [-0.25, -0.2) is 0 Å². The lowest BCUT2D eigenvalue weighted by atomic mass is 9.70. The molecule has 0 unspecified atom stereocenters. The van der Waals surface area contributed by atoms with Gasteiger partial charge < -0.3 is 9.32 Å². The molecule has 2 aliphatic carbocycles. The van der Waals surface area contributed by atoms with E-state index < -0.39 is 5.41 Å². The fourth-order valence-corrected chi connectivity index (χ4v) is 12.4. The highest BCUT2D eigenvalue weighted by Crippen LogP contribution is 2.63. The summed E-state index contributed by atoms with van der Waals surface area (Å²) in [6.45, 7) is 0. The minimum Gasteiger partial charge on any atom is -0.455 e. The quantitative estimate of drug-likeness (QED) is 0.165. The fourth-order valence-electron chi connectivity index (χ4n) is 12.4. The first kappa shape index (κ1) is 39.7. The van der Waals surface area contributed by atoms with E-state index in [0.29, 0.717) is 0 Å². The summed E-state index contributed by atoms with van der Waals surface area (Å²) in [5.41, 5.74) is 21.9. The zero-order chi connectivity index (χ0) is 46.6. The monoisotopic (exact) mass is 901 g/mol. The van der Waals surface area contributed by atoms with Crippen molar-refractivity contribution in [2.24, 2.45) is 0 Å². The molecule has 0 aliphatic heterocycles. The number of hydrogen-bond donors (Lipinski definition) is 0. The van der Waals surface area contributed by atoms with Gasteiger partial charge in [-0.05, 0) is 125 Å². The first-order chi connectivity index (χ1) is 35.2. The topological polar surface area (TPSA) is 16.4 Å². The number of benzene rings is 12. The maximum atomic E-state index is 7.04. The van der Waals surface area contributed by atoms with Crippen LogP contribution in [0.3, 0.4) is 0 Å². The van der Waals surface area contributed by atoms with Crippen LogP contribution in [0, 0.1) is 0 Å². The minimum atomic E-state index is -0.484. The van der Waals surface area contributed by atoms with Gasteiger partial charge in [0.2, 0.25) is 0 Å². The Morgan fingerprint density at radius 1 is 0.268 bits per heavy atom. The standard InChI is InChI=1S/C69H43NO/c1-3-21-51-45(16-1)18-14-27-52(51)48-20-13-19-47(42-48)44-34-37-49(38-35-44)70(66-33-12-8-26-58(66)59-28-15-29-60-61-40-36-46-17-2-4-22-53(46)67(61)71-68(59)60)50-39-41-57-56-25-7-11-32-64(56)69(65(57)43-50)62-30-9-5-23-54(62)55-24-6-10-31-63(55)69/h1-43H. The van der Waals surface area contributed by atoms with Gasteiger partial charge in [0.25, 0.3) is 0 Å². The number of para-hydroxylation sites is 2. The summed E-state index contributed by atoms with van der Waals surface area (Å²) < 4.78 is 7.04. The van der Waals surface area contributed by atoms with Crippen molar-refractivity contribution in [3.63, 3.8) is 0 Å². The number of rotatable bonds is 6. The van der Waals surface area contributed by atoms with Gasteiger partial charge in [-0.2, -0.15) is 0 Å². The molecule has 12 aromatic carbocycles.